The van der Waals surface area contributed by atoms with Crippen LogP contribution >= 0.6 is 0 Å². The number of ether oxygens (including phenoxy) is 1. The summed E-state index contributed by atoms with van der Waals surface area (Å²) in [6, 6.07) is 10.8. The van der Waals surface area contributed by atoms with Crippen LogP contribution in [0.2, 0.25) is 0 Å². The summed E-state index contributed by atoms with van der Waals surface area (Å²) in [5.74, 6) is -0.694. The highest BCUT2D eigenvalue weighted by molar-refractivity contribution is 7.92. The highest BCUT2D eigenvalue weighted by atomic mass is 32.2. The van der Waals surface area contributed by atoms with Crippen molar-refractivity contribution in [1.29, 1.82) is 0 Å². The number of sulfonamides is 1. The smallest absolute Gasteiger partial charge is 0.264 e. The van der Waals surface area contributed by atoms with Crippen LogP contribution in [0.3, 0.4) is 0 Å². The van der Waals surface area contributed by atoms with E-state index >= 15 is 0 Å². The molecule has 22 heavy (non-hydrogen) atoms. The number of anilines is 1. The predicted molar refractivity (Wildman–Crippen MR) is 84.3 cm³/mol. The number of hydrogen-bond donors (Lipinski definition) is 0. The summed E-state index contributed by atoms with van der Waals surface area (Å²) in [6.07, 6.45) is 0. The van der Waals surface area contributed by atoms with Crippen LogP contribution in [0.4, 0.5) is 10.1 Å². The van der Waals surface area contributed by atoms with Crippen molar-refractivity contribution < 1.29 is 17.5 Å². The maximum absolute atomic E-state index is 13.8. The van der Waals surface area contributed by atoms with Gasteiger partial charge in [-0.15, -0.1) is 0 Å². The van der Waals surface area contributed by atoms with E-state index in [0.717, 1.165) is 11.6 Å². The lowest BCUT2D eigenvalue weighted by Crippen LogP contribution is -2.30. The summed E-state index contributed by atoms with van der Waals surface area (Å²) >= 11 is 0. The van der Waals surface area contributed by atoms with Gasteiger partial charge in [0.25, 0.3) is 10.0 Å². The number of halogens is 1. The summed E-state index contributed by atoms with van der Waals surface area (Å²) < 4.78 is 45.3. The Bertz CT molecular complexity index is 757. The van der Waals surface area contributed by atoms with Crippen LogP contribution in [-0.4, -0.2) is 22.1 Å². The molecule has 2 rings (SSSR count). The number of methoxy groups -OCH3 is 1. The monoisotopic (exact) mass is 323 g/mol. The average molecular weight is 323 g/mol. The van der Waals surface area contributed by atoms with Crippen molar-refractivity contribution in [2.75, 3.05) is 18.0 Å². The zero-order chi connectivity index (χ0) is 16.3. The minimum absolute atomic E-state index is 0.0114. The number of nitrogens with zero attached hydrogens (tertiary/aromatic N) is 1. The van der Waals surface area contributed by atoms with E-state index in [9.17, 15) is 12.8 Å². The van der Waals surface area contributed by atoms with E-state index in [2.05, 4.69) is 0 Å². The van der Waals surface area contributed by atoms with Gasteiger partial charge in [0.2, 0.25) is 0 Å². The van der Waals surface area contributed by atoms with Crippen LogP contribution in [0, 0.1) is 12.7 Å². The van der Waals surface area contributed by atoms with Crippen LogP contribution in [0.1, 0.15) is 12.5 Å². The quantitative estimate of drug-likeness (QED) is 0.847. The van der Waals surface area contributed by atoms with Gasteiger partial charge in [-0.1, -0.05) is 17.7 Å². The second-order valence-electron chi connectivity index (χ2n) is 4.80. The average Bonchev–Trinajstić information content (AvgIpc) is 2.49. The first-order chi connectivity index (χ1) is 10.4. The Labute approximate surface area is 130 Å². The second-order valence-corrected chi connectivity index (χ2v) is 6.66. The van der Waals surface area contributed by atoms with E-state index in [1.54, 1.807) is 19.1 Å². The van der Waals surface area contributed by atoms with Gasteiger partial charge in [0.15, 0.2) is 11.6 Å². The van der Waals surface area contributed by atoms with Crippen molar-refractivity contribution in [2.24, 2.45) is 0 Å². The van der Waals surface area contributed by atoms with Gasteiger partial charge in [0.05, 0.1) is 17.7 Å². The van der Waals surface area contributed by atoms with Crippen molar-refractivity contribution in [3.8, 4) is 5.75 Å². The summed E-state index contributed by atoms with van der Waals surface area (Å²) in [6.45, 7) is 3.91. The van der Waals surface area contributed by atoms with Gasteiger partial charge >= 0.3 is 0 Å². The van der Waals surface area contributed by atoms with Gasteiger partial charge in [0.1, 0.15) is 0 Å². The number of aryl methyl sites for hydroxylation is 1. The van der Waals surface area contributed by atoms with Crippen molar-refractivity contribution in [3.63, 3.8) is 0 Å². The molecule has 0 aliphatic rings. The molecule has 0 saturated carbocycles. The molecule has 0 unspecified atom stereocenters. The molecule has 0 radical (unpaired) electrons. The lowest BCUT2D eigenvalue weighted by molar-refractivity contribution is 0.385. The Balaban J connectivity index is 2.47. The Morgan fingerprint density at radius 3 is 2.27 bits per heavy atom. The van der Waals surface area contributed by atoms with Gasteiger partial charge in [-0.05, 0) is 44.2 Å². The fourth-order valence-corrected chi connectivity index (χ4v) is 3.62. The number of hydrogen-bond acceptors (Lipinski definition) is 3. The van der Waals surface area contributed by atoms with Gasteiger partial charge in [-0.3, -0.25) is 4.31 Å². The Kier molecular flexibility index (Phi) is 4.71. The van der Waals surface area contributed by atoms with Crippen molar-refractivity contribution in [2.45, 2.75) is 18.7 Å². The van der Waals surface area contributed by atoms with E-state index < -0.39 is 15.8 Å². The van der Waals surface area contributed by atoms with Crippen LogP contribution in [0.15, 0.2) is 47.4 Å². The lowest BCUT2D eigenvalue weighted by atomic mass is 10.2. The molecule has 6 heteroatoms. The van der Waals surface area contributed by atoms with Gasteiger partial charge in [-0.2, -0.15) is 0 Å². The highest BCUT2D eigenvalue weighted by Crippen LogP contribution is 2.26. The SMILES string of the molecule is CCN(c1ccc(C)cc1)S(=O)(=O)c1ccc(OC)c(F)c1. The molecule has 0 amide bonds. The molecule has 118 valence electrons. The standard InChI is InChI=1S/C16H18FNO3S/c1-4-18(13-7-5-12(2)6-8-13)22(19,20)14-9-10-16(21-3)15(17)11-14/h5-11H,4H2,1-3H3. The Hall–Kier alpha value is -2.08. The lowest BCUT2D eigenvalue weighted by Gasteiger charge is -2.23. The maximum atomic E-state index is 13.8. The molecule has 0 aliphatic heterocycles. The molecule has 0 heterocycles. The number of rotatable bonds is 5. The zero-order valence-corrected chi connectivity index (χ0v) is 13.5. The van der Waals surface area contributed by atoms with Crippen LogP contribution in [0.25, 0.3) is 0 Å². The molecule has 0 aromatic heterocycles. The van der Waals surface area contributed by atoms with Gasteiger partial charge in [-0.25, -0.2) is 12.8 Å². The third-order valence-electron chi connectivity index (χ3n) is 3.32. The fourth-order valence-electron chi connectivity index (χ4n) is 2.14. The molecule has 0 saturated heterocycles. The molecule has 0 spiro atoms. The van der Waals surface area contributed by atoms with E-state index in [1.165, 1.54) is 23.5 Å². The van der Waals surface area contributed by atoms with Crippen LogP contribution in [-0.2, 0) is 10.0 Å². The van der Waals surface area contributed by atoms with E-state index in [-0.39, 0.29) is 17.2 Å². The highest BCUT2D eigenvalue weighted by Gasteiger charge is 2.24. The topological polar surface area (TPSA) is 46.6 Å². The molecular weight excluding hydrogens is 305 g/mol. The zero-order valence-electron chi connectivity index (χ0n) is 12.7. The molecule has 2 aromatic carbocycles. The van der Waals surface area contributed by atoms with Crippen molar-refractivity contribution in [1.82, 2.24) is 0 Å². The van der Waals surface area contributed by atoms with E-state index in [4.69, 9.17) is 4.74 Å². The summed E-state index contributed by atoms with van der Waals surface area (Å²) in [5.41, 5.74) is 1.58. The predicted octanol–water partition coefficient (Wildman–Crippen LogP) is 3.36. The largest absolute Gasteiger partial charge is 0.494 e. The molecule has 4 nitrogen and oxygen atoms in total. The molecule has 0 aliphatic carbocycles. The maximum Gasteiger partial charge on any atom is 0.264 e. The molecule has 0 atom stereocenters. The molecule has 0 fully saturated rings. The molecule has 0 bridgehead atoms. The van der Waals surface area contributed by atoms with Gasteiger partial charge in [0, 0.05) is 6.54 Å². The first-order valence-corrected chi connectivity index (χ1v) is 8.27. The van der Waals surface area contributed by atoms with Crippen LogP contribution < -0.4 is 9.04 Å². The summed E-state index contributed by atoms with van der Waals surface area (Å²) in [5, 5.41) is 0. The van der Waals surface area contributed by atoms with Crippen molar-refractivity contribution in [3.05, 3.63) is 53.8 Å². The number of benzene rings is 2. The summed E-state index contributed by atoms with van der Waals surface area (Å²) in [7, 11) is -2.50. The van der Waals surface area contributed by atoms with Crippen molar-refractivity contribution >= 4 is 15.7 Å². The first-order valence-electron chi connectivity index (χ1n) is 6.83. The normalized spacial score (nSPS) is 11.3. The Morgan fingerprint density at radius 2 is 1.77 bits per heavy atom. The van der Waals surface area contributed by atoms with Crippen LogP contribution in [0.5, 0.6) is 5.75 Å². The third kappa shape index (κ3) is 3.06. The van der Waals surface area contributed by atoms with E-state index in [1.807, 2.05) is 19.1 Å². The fraction of sp³-hybridized carbons (Fsp3) is 0.250. The minimum Gasteiger partial charge on any atom is -0.494 e. The molecular formula is C16H18FNO3S. The second kappa shape index (κ2) is 6.36. The van der Waals surface area contributed by atoms with Gasteiger partial charge < -0.3 is 4.74 Å². The summed E-state index contributed by atoms with van der Waals surface area (Å²) in [4.78, 5) is -0.103. The Morgan fingerprint density at radius 1 is 1.14 bits per heavy atom. The molecule has 2 aromatic rings. The third-order valence-corrected chi connectivity index (χ3v) is 5.22. The minimum atomic E-state index is -3.83. The van der Waals surface area contributed by atoms with E-state index in [0.29, 0.717) is 5.69 Å². The molecule has 0 N–H and O–H groups in total. The first kappa shape index (κ1) is 16.3.